The van der Waals surface area contributed by atoms with Crippen LogP contribution in [0.5, 0.6) is 0 Å². The molecule has 8 heteroatoms. The van der Waals surface area contributed by atoms with E-state index < -0.39 is 9.84 Å². The first-order valence-corrected chi connectivity index (χ1v) is 13.7. The minimum Gasteiger partial charge on any atom is -0.335 e. The lowest BCUT2D eigenvalue weighted by Gasteiger charge is -2.40. The van der Waals surface area contributed by atoms with E-state index in [9.17, 15) is 13.2 Å². The number of amides is 1. The van der Waals surface area contributed by atoms with Gasteiger partial charge in [0.25, 0.3) is 0 Å². The van der Waals surface area contributed by atoms with Crippen LogP contribution >= 0.6 is 0 Å². The Labute approximate surface area is 191 Å². The minimum absolute atomic E-state index is 0.111. The van der Waals surface area contributed by atoms with Crippen LogP contribution in [0.2, 0.25) is 0 Å². The predicted octanol–water partition coefficient (Wildman–Crippen LogP) is 2.02. The van der Waals surface area contributed by atoms with Crippen molar-refractivity contribution in [1.82, 2.24) is 14.7 Å². The first-order valence-electron chi connectivity index (χ1n) is 11.9. The van der Waals surface area contributed by atoms with Gasteiger partial charge >= 0.3 is 0 Å². The molecule has 2 aliphatic heterocycles. The van der Waals surface area contributed by atoms with E-state index >= 15 is 0 Å². The Kier molecular flexibility index (Phi) is 7.49. The quantitative estimate of drug-likeness (QED) is 0.649. The van der Waals surface area contributed by atoms with Crippen molar-refractivity contribution in [3.05, 3.63) is 35.4 Å². The summed E-state index contributed by atoms with van der Waals surface area (Å²) < 4.78 is 24.2. The van der Waals surface area contributed by atoms with Crippen molar-refractivity contribution in [2.45, 2.75) is 57.2 Å². The molecule has 4 rings (SSSR count). The fourth-order valence-corrected chi connectivity index (χ4v) is 7.09. The first kappa shape index (κ1) is 23.2. The van der Waals surface area contributed by atoms with Crippen molar-refractivity contribution in [3.63, 3.8) is 0 Å². The molecule has 7 nitrogen and oxygen atoms in total. The summed E-state index contributed by atoms with van der Waals surface area (Å²) in [7, 11) is -3.02. The van der Waals surface area contributed by atoms with Gasteiger partial charge < -0.3 is 4.90 Å². The summed E-state index contributed by atoms with van der Waals surface area (Å²) in [5.41, 5.74) is 1.87. The van der Waals surface area contributed by atoms with Crippen LogP contribution in [0.4, 0.5) is 0 Å². The van der Waals surface area contributed by atoms with E-state index in [0.29, 0.717) is 18.5 Å². The maximum absolute atomic E-state index is 13.4. The zero-order valence-electron chi connectivity index (χ0n) is 18.8. The molecule has 1 amide bonds. The van der Waals surface area contributed by atoms with Gasteiger partial charge in [0.1, 0.15) is 0 Å². The molecule has 1 aromatic carbocycles. The Hall–Kier alpha value is -1.95. The van der Waals surface area contributed by atoms with Gasteiger partial charge in [-0.3, -0.25) is 14.6 Å². The topological polar surface area (TPSA) is 84.7 Å². The number of hydrogen-bond donors (Lipinski definition) is 0. The number of hydrogen-bond acceptors (Lipinski definition) is 6. The molecule has 2 saturated heterocycles. The van der Waals surface area contributed by atoms with Crippen molar-refractivity contribution in [2.75, 3.05) is 44.2 Å². The number of carbonyl (C=O) groups excluding carboxylic acids is 1. The molecule has 3 fully saturated rings. The lowest BCUT2D eigenvalue weighted by atomic mass is 9.92. The molecule has 3 aliphatic rings. The Morgan fingerprint density at radius 2 is 1.62 bits per heavy atom. The standard InChI is InChI=1S/C24H34N4O3S/c25-16-20-6-8-21(9-7-20)17-26-11-13-27(14-12-26)18-24(29)28(22-4-2-1-3-5-22)23-10-15-32(30,31)19-23/h6-9,22-23H,1-5,10-15,17-19H2/t23-/m1/s1. The third kappa shape index (κ3) is 5.89. The van der Waals surface area contributed by atoms with Crippen molar-refractivity contribution >= 4 is 15.7 Å². The molecule has 0 radical (unpaired) electrons. The molecule has 2 heterocycles. The largest absolute Gasteiger partial charge is 0.335 e. The fraction of sp³-hybridized carbons (Fsp3) is 0.667. The molecule has 0 bridgehead atoms. The molecule has 32 heavy (non-hydrogen) atoms. The van der Waals surface area contributed by atoms with Crippen LogP contribution < -0.4 is 0 Å². The highest BCUT2D eigenvalue weighted by atomic mass is 32.2. The van der Waals surface area contributed by atoms with E-state index in [1.165, 1.54) is 12.0 Å². The number of rotatable bonds is 6. The Morgan fingerprint density at radius 3 is 2.22 bits per heavy atom. The van der Waals surface area contributed by atoms with Crippen LogP contribution in [0.3, 0.4) is 0 Å². The lowest BCUT2D eigenvalue weighted by molar-refractivity contribution is -0.138. The third-order valence-corrected chi connectivity index (χ3v) is 8.92. The predicted molar refractivity (Wildman–Crippen MR) is 124 cm³/mol. The molecule has 0 aromatic heterocycles. The van der Waals surface area contributed by atoms with E-state index in [0.717, 1.165) is 58.4 Å². The van der Waals surface area contributed by atoms with Crippen molar-refractivity contribution < 1.29 is 13.2 Å². The van der Waals surface area contributed by atoms with Gasteiger partial charge in [-0.05, 0) is 37.0 Å². The van der Waals surface area contributed by atoms with Gasteiger partial charge in [0.15, 0.2) is 9.84 Å². The fourth-order valence-electron chi connectivity index (χ4n) is 5.38. The highest BCUT2D eigenvalue weighted by Crippen LogP contribution is 2.28. The molecule has 1 atom stereocenters. The summed E-state index contributed by atoms with van der Waals surface area (Å²) in [6.45, 7) is 4.70. The van der Waals surface area contributed by atoms with Gasteiger partial charge in [-0.25, -0.2) is 8.42 Å². The van der Waals surface area contributed by atoms with Crippen LogP contribution in [-0.4, -0.2) is 85.3 Å². The number of nitrogens with zero attached hydrogens (tertiary/aromatic N) is 4. The highest BCUT2D eigenvalue weighted by Gasteiger charge is 2.39. The third-order valence-electron chi connectivity index (χ3n) is 7.17. The number of piperazine rings is 1. The van der Waals surface area contributed by atoms with E-state index in [2.05, 4.69) is 15.9 Å². The second-order valence-corrected chi connectivity index (χ2v) is 11.7. The van der Waals surface area contributed by atoms with E-state index in [4.69, 9.17) is 5.26 Å². The van der Waals surface area contributed by atoms with Crippen LogP contribution in [0.25, 0.3) is 0 Å². The zero-order valence-corrected chi connectivity index (χ0v) is 19.6. The summed E-state index contributed by atoms with van der Waals surface area (Å²) in [5.74, 6) is 0.454. The molecule has 174 valence electrons. The summed E-state index contributed by atoms with van der Waals surface area (Å²) in [5, 5.41) is 8.94. The summed E-state index contributed by atoms with van der Waals surface area (Å²) in [6.07, 6.45) is 6.05. The molecule has 1 aromatic rings. The van der Waals surface area contributed by atoms with E-state index in [-0.39, 0.29) is 29.5 Å². The normalized spacial score (nSPS) is 24.8. The van der Waals surface area contributed by atoms with Crippen LogP contribution in [-0.2, 0) is 21.2 Å². The average Bonchev–Trinajstić information content (AvgIpc) is 3.15. The van der Waals surface area contributed by atoms with Crippen molar-refractivity contribution in [3.8, 4) is 6.07 Å². The number of sulfone groups is 1. The van der Waals surface area contributed by atoms with E-state index in [1.54, 1.807) is 0 Å². The smallest absolute Gasteiger partial charge is 0.237 e. The summed E-state index contributed by atoms with van der Waals surface area (Å²) in [6, 6.07) is 9.93. The second kappa shape index (κ2) is 10.3. The molecule has 0 spiro atoms. The maximum atomic E-state index is 13.4. The average molecular weight is 459 g/mol. The molecule has 1 saturated carbocycles. The van der Waals surface area contributed by atoms with Crippen LogP contribution in [0.1, 0.15) is 49.7 Å². The minimum atomic E-state index is -3.02. The second-order valence-electron chi connectivity index (χ2n) is 9.51. The number of carbonyl (C=O) groups is 1. The lowest BCUT2D eigenvalue weighted by Crippen LogP contribution is -2.54. The Bertz CT molecular complexity index is 927. The Balaban J connectivity index is 1.32. The SMILES string of the molecule is N#Cc1ccc(CN2CCN(CC(=O)N(C3CCCCC3)[C@@H]3CCS(=O)(=O)C3)CC2)cc1. The van der Waals surface area contributed by atoms with Gasteiger partial charge in [-0.1, -0.05) is 31.4 Å². The monoisotopic (exact) mass is 458 g/mol. The van der Waals surface area contributed by atoms with Gasteiger partial charge in [0, 0.05) is 44.8 Å². The van der Waals surface area contributed by atoms with Gasteiger partial charge in [0.2, 0.25) is 5.91 Å². The molecule has 0 unspecified atom stereocenters. The maximum Gasteiger partial charge on any atom is 0.237 e. The van der Waals surface area contributed by atoms with Gasteiger partial charge in [-0.15, -0.1) is 0 Å². The van der Waals surface area contributed by atoms with Crippen molar-refractivity contribution in [1.29, 1.82) is 5.26 Å². The van der Waals surface area contributed by atoms with Crippen molar-refractivity contribution in [2.24, 2.45) is 0 Å². The molecular weight excluding hydrogens is 424 g/mol. The zero-order chi connectivity index (χ0) is 22.6. The Morgan fingerprint density at radius 1 is 0.969 bits per heavy atom. The summed E-state index contributed by atoms with van der Waals surface area (Å²) in [4.78, 5) is 20.0. The summed E-state index contributed by atoms with van der Waals surface area (Å²) >= 11 is 0. The van der Waals surface area contributed by atoms with Crippen LogP contribution in [0, 0.1) is 11.3 Å². The molecular formula is C24H34N4O3S. The van der Waals surface area contributed by atoms with Gasteiger partial charge in [0.05, 0.1) is 29.7 Å². The van der Waals surface area contributed by atoms with E-state index in [1.807, 2.05) is 29.2 Å². The highest BCUT2D eigenvalue weighted by molar-refractivity contribution is 7.91. The van der Waals surface area contributed by atoms with Crippen LogP contribution in [0.15, 0.2) is 24.3 Å². The molecule has 0 N–H and O–H groups in total. The van der Waals surface area contributed by atoms with Gasteiger partial charge in [-0.2, -0.15) is 5.26 Å². The number of nitriles is 1. The number of benzene rings is 1. The molecule has 1 aliphatic carbocycles. The first-order chi connectivity index (χ1) is 15.4.